The summed E-state index contributed by atoms with van der Waals surface area (Å²) in [6.45, 7) is 0.500. The average Bonchev–Trinajstić information content (AvgIpc) is 3.51. The number of ketones is 1. The van der Waals surface area contributed by atoms with Crippen molar-refractivity contribution in [2.45, 2.75) is 69.9 Å². The van der Waals surface area contributed by atoms with Gasteiger partial charge in [0.25, 0.3) is 5.91 Å². The number of aromatic amines is 1. The van der Waals surface area contributed by atoms with Crippen LogP contribution in [0.3, 0.4) is 0 Å². The van der Waals surface area contributed by atoms with E-state index in [1.807, 2.05) is 18.2 Å². The molecule has 2 saturated carbocycles. The van der Waals surface area contributed by atoms with Crippen molar-refractivity contribution < 1.29 is 28.7 Å². The molecule has 0 radical (unpaired) electrons. The van der Waals surface area contributed by atoms with Crippen LogP contribution >= 0.6 is 0 Å². The van der Waals surface area contributed by atoms with E-state index in [9.17, 15) is 19.2 Å². The van der Waals surface area contributed by atoms with Gasteiger partial charge in [0.1, 0.15) is 29.3 Å². The Kier molecular flexibility index (Phi) is 6.96. The summed E-state index contributed by atoms with van der Waals surface area (Å²) in [5, 5.41) is 3.66. The number of amides is 2. The first-order valence-corrected chi connectivity index (χ1v) is 13.2. The molecule has 1 spiro atoms. The maximum atomic E-state index is 13.7. The van der Waals surface area contributed by atoms with Crippen LogP contribution in [-0.4, -0.2) is 66.3 Å². The Bertz CT molecular complexity index is 1220. The molecule has 9 nitrogen and oxygen atoms in total. The minimum atomic E-state index is -0.920. The predicted molar refractivity (Wildman–Crippen MR) is 136 cm³/mol. The van der Waals surface area contributed by atoms with Crippen LogP contribution in [0.1, 0.15) is 68.3 Å². The summed E-state index contributed by atoms with van der Waals surface area (Å²) >= 11 is 0. The van der Waals surface area contributed by atoms with Crippen LogP contribution in [0.25, 0.3) is 10.9 Å². The zero-order chi connectivity index (χ0) is 26.2. The molecule has 0 bridgehead atoms. The summed E-state index contributed by atoms with van der Waals surface area (Å²) in [6.07, 6.45) is 6.82. The second-order valence-corrected chi connectivity index (χ2v) is 10.8. The molecule has 37 heavy (non-hydrogen) atoms. The highest BCUT2D eigenvalue weighted by Gasteiger charge is 2.52. The van der Waals surface area contributed by atoms with Gasteiger partial charge in [-0.15, -0.1) is 0 Å². The highest BCUT2D eigenvalue weighted by molar-refractivity contribution is 6.02. The van der Waals surface area contributed by atoms with Gasteiger partial charge in [0.2, 0.25) is 5.91 Å². The third kappa shape index (κ3) is 4.83. The number of ether oxygens (including phenoxy) is 2. The lowest BCUT2D eigenvalue weighted by Gasteiger charge is -2.37. The third-order valence-electron chi connectivity index (χ3n) is 8.56. The Morgan fingerprint density at radius 1 is 1.19 bits per heavy atom. The molecular weight excluding hydrogens is 474 g/mol. The summed E-state index contributed by atoms with van der Waals surface area (Å²) in [5.41, 5.74) is 1.11. The lowest BCUT2D eigenvalue weighted by atomic mass is 9.67. The quantitative estimate of drug-likeness (QED) is 0.553. The number of rotatable bonds is 7. The predicted octanol–water partition coefficient (Wildman–Crippen LogP) is 3.37. The monoisotopic (exact) mass is 509 g/mol. The standard InChI is InChI=1S/C28H35N3O6/c1-36-24-10-5-8-19-18(24)14-20(29-19)26(34)31-16-28(11-6-12-28)15-22(31)25(33)30-21(27(35)37-2)13-17-7-3-4-9-23(17)32/h5,8,10,14,17,21-22,29H,3-4,6-7,9,11-13,15-16H2,1-2H3,(H,30,33)/t17-,21-,22?/m0/s1. The molecule has 198 valence electrons. The van der Waals surface area contributed by atoms with Crippen LogP contribution in [0, 0.1) is 11.3 Å². The Morgan fingerprint density at radius 2 is 2.00 bits per heavy atom. The fraction of sp³-hybridized carbons (Fsp3) is 0.571. The highest BCUT2D eigenvalue weighted by Crippen LogP contribution is 2.50. The van der Waals surface area contributed by atoms with Crippen LogP contribution in [0.15, 0.2) is 24.3 Å². The minimum absolute atomic E-state index is 0.0680. The molecule has 5 rings (SSSR count). The molecule has 2 aliphatic carbocycles. The molecule has 2 N–H and O–H groups in total. The van der Waals surface area contributed by atoms with E-state index < -0.39 is 18.1 Å². The number of carbonyl (C=O) groups is 4. The summed E-state index contributed by atoms with van der Waals surface area (Å²) in [5.74, 6) is -0.655. The Hall–Kier alpha value is -3.36. The van der Waals surface area contributed by atoms with Gasteiger partial charge in [-0.05, 0) is 62.1 Å². The number of hydrogen-bond acceptors (Lipinski definition) is 6. The molecule has 3 atom stereocenters. The van der Waals surface area contributed by atoms with Gasteiger partial charge in [0.05, 0.1) is 14.2 Å². The molecule has 2 aromatic rings. The molecule has 9 heteroatoms. The Balaban J connectivity index is 1.37. The second-order valence-electron chi connectivity index (χ2n) is 10.8. The summed E-state index contributed by atoms with van der Waals surface area (Å²) in [6, 6.07) is 5.72. The van der Waals surface area contributed by atoms with Crippen molar-refractivity contribution in [3.8, 4) is 5.75 Å². The van der Waals surface area contributed by atoms with E-state index in [0.29, 0.717) is 37.3 Å². The molecule has 1 unspecified atom stereocenters. The van der Waals surface area contributed by atoms with E-state index in [4.69, 9.17) is 9.47 Å². The van der Waals surface area contributed by atoms with E-state index in [0.717, 1.165) is 43.0 Å². The van der Waals surface area contributed by atoms with Crippen molar-refractivity contribution in [3.63, 3.8) is 0 Å². The number of hydrogen-bond donors (Lipinski definition) is 2. The molecule has 1 aliphatic heterocycles. The number of Topliss-reactive ketones (excluding diaryl/α,β-unsaturated/α-hetero) is 1. The SMILES string of the molecule is COC(=O)[C@H](C[C@@H]1CCCCC1=O)NC(=O)C1CC2(CCC2)CN1C(=O)c1cc2c(OC)cccc2[nH]1. The van der Waals surface area contributed by atoms with Crippen molar-refractivity contribution in [2.75, 3.05) is 20.8 Å². The molecule has 1 saturated heterocycles. The molecule has 2 amide bonds. The van der Waals surface area contributed by atoms with Crippen LogP contribution in [0.2, 0.25) is 0 Å². The lowest BCUT2D eigenvalue weighted by molar-refractivity contribution is -0.146. The molecular formula is C28H35N3O6. The molecule has 2 heterocycles. The number of H-pyrrole nitrogens is 1. The molecule has 3 aliphatic rings. The lowest BCUT2D eigenvalue weighted by Crippen LogP contribution is -2.52. The fourth-order valence-corrected chi connectivity index (χ4v) is 6.33. The molecule has 3 fully saturated rings. The van der Waals surface area contributed by atoms with Crippen molar-refractivity contribution in [1.29, 1.82) is 0 Å². The number of methoxy groups -OCH3 is 2. The summed E-state index contributed by atoms with van der Waals surface area (Å²) in [7, 11) is 2.87. The van der Waals surface area contributed by atoms with Crippen molar-refractivity contribution in [2.24, 2.45) is 11.3 Å². The van der Waals surface area contributed by atoms with Gasteiger partial charge in [-0.1, -0.05) is 18.9 Å². The van der Waals surface area contributed by atoms with Gasteiger partial charge in [0, 0.05) is 29.8 Å². The maximum absolute atomic E-state index is 13.7. The van der Waals surface area contributed by atoms with E-state index >= 15 is 0 Å². The van der Waals surface area contributed by atoms with Crippen LogP contribution in [0.5, 0.6) is 5.75 Å². The topological polar surface area (TPSA) is 118 Å². The third-order valence-corrected chi connectivity index (χ3v) is 8.56. The smallest absolute Gasteiger partial charge is 0.328 e. The minimum Gasteiger partial charge on any atom is -0.496 e. The largest absolute Gasteiger partial charge is 0.496 e. The van der Waals surface area contributed by atoms with Gasteiger partial charge in [-0.3, -0.25) is 14.4 Å². The van der Waals surface area contributed by atoms with Crippen LogP contribution in [0.4, 0.5) is 0 Å². The summed E-state index contributed by atoms with van der Waals surface area (Å²) in [4.78, 5) is 57.2. The average molecular weight is 510 g/mol. The Labute approximate surface area is 216 Å². The number of nitrogens with one attached hydrogen (secondary N) is 2. The number of carbonyl (C=O) groups excluding carboxylic acids is 4. The molecule has 1 aromatic heterocycles. The normalized spacial score (nSPS) is 23.5. The summed E-state index contributed by atoms with van der Waals surface area (Å²) < 4.78 is 10.4. The van der Waals surface area contributed by atoms with Crippen LogP contribution in [-0.2, 0) is 19.1 Å². The first-order valence-electron chi connectivity index (χ1n) is 13.2. The number of benzene rings is 1. The van der Waals surface area contributed by atoms with Gasteiger partial charge >= 0.3 is 5.97 Å². The number of fused-ring (bicyclic) bond motifs is 1. The maximum Gasteiger partial charge on any atom is 0.328 e. The van der Waals surface area contributed by atoms with Crippen molar-refractivity contribution >= 4 is 34.5 Å². The van der Waals surface area contributed by atoms with Crippen molar-refractivity contribution in [1.82, 2.24) is 15.2 Å². The Morgan fingerprint density at radius 3 is 2.68 bits per heavy atom. The van der Waals surface area contributed by atoms with Gasteiger partial charge in [0.15, 0.2) is 0 Å². The van der Waals surface area contributed by atoms with E-state index in [-0.39, 0.29) is 35.4 Å². The van der Waals surface area contributed by atoms with E-state index in [2.05, 4.69) is 10.3 Å². The molecule has 1 aromatic carbocycles. The second kappa shape index (κ2) is 10.2. The number of aromatic nitrogens is 1. The number of nitrogens with zero attached hydrogens (tertiary/aromatic N) is 1. The van der Waals surface area contributed by atoms with Gasteiger partial charge in [-0.2, -0.15) is 0 Å². The first kappa shape index (κ1) is 25.3. The van der Waals surface area contributed by atoms with Gasteiger partial charge < -0.3 is 24.7 Å². The zero-order valence-corrected chi connectivity index (χ0v) is 21.5. The first-order chi connectivity index (χ1) is 17.8. The van der Waals surface area contributed by atoms with Crippen LogP contribution < -0.4 is 10.1 Å². The highest BCUT2D eigenvalue weighted by atomic mass is 16.5. The number of likely N-dealkylation sites (tertiary alicyclic amines) is 1. The van der Waals surface area contributed by atoms with Gasteiger partial charge in [-0.25, -0.2) is 4.79 Å². The fourth-order valence-electron chi connectivity index (χ4n) is 6.33. The number of esters is 1. The van der Waals surface area contributed by atoms with E-state index in [1.165, 1.54) is 7.11 Å². The van der Waals surface area contributed by atoms with E-state index in [1.54, 1.807) is 18.1 Å². The zero-order valence-electron chi connectivity index (χ0n) is 21.5. The van der Waals surface area contributed by atoms with Crippen molar-refractivity contribution in [3.05, 3.63) is 30.0 Å².